The molecule has 0 amide bonds. The Bertz CT molecular complexity index is 3000. The molecule has 8 rings (SSSR count). The van der Waals surface area contributed by atoms with Crippen LogP contribution in [0.25, 0.3) is 27.6 Å². The minimum Gasteiger partial charge on any atom is -0.399 e. The summed E-state index contributed by atoms with van der Waals surface area (Å²) < 4.78 is 56.7. The van der Waals surface area contributed by atoms with Gasteiger partial charge in [-0.05, 0) is 91.5 Å². The maximum Gasteiger partial charge on any atom is 0.496 e. The van der Waals surface area contributed by atoms with Gasteiger partial charge in [0.05, 0.1) is 44.7 Å². The molecule has 0 atom stereocenters. The topological polar surface area (TPSA) is 179 Å². The van der Waals surface area contributed by atoms with Crippen molar-refractivity contribution in [3.05, 3.63) is 96.3 Å². The summed E-state index contributed by atoms with van der Waals surface area (Å²) in [5.74, 6) is -1.53. The lowest BCUT2D eigenvalue weighted by Gasteiger charge is -2.32. The molecular formula is C41H44B2ClF2N9O7. The summed E-state index contributed by atoms with van der Waals surface area (Å²) >= 11 is 6.93. The number of aryl methyl sites for hydroxylation is 2. The van der Waals surface area contributed by atoms with Crippen molar-refractivity contribution >= 4 is 81.6 Å². The van der Waals surface area contributed by atoms with Gasteiger partial charge in [0, 0.05) is 30.6 Å². The summed E-state index contributed by atoms with van der Waals surface area (Å²) in [4.78, 5) is 55.4. The van der Waals surface area contributed by atoms with Crippen LogP contribution in [0.1, 0.15) is 73.2 Å². The van der Waals surface area contributed by atoms with Crippen molar-refractivity contribution in [2.45, 2.75) is 91.1 Å². The summed E-state index contributed by atoms with van der Waals surface area (Å²) in [7, 11) is 1.17. The Balaban J connectivity index is 1.28. The highest BCUT2D eigenvalue weighted by Gasteiger charge is 2.53. The standard InChI is InChI=1S/C41H44B2ClF2N9O7/c1-20-22(42-59-38(2,3)39(4,5)60-42)14-12-16-24(20)48-31-27-21(19-47-54(11)35(27)56)18-26(50-31)55-36(57)28-32(51-33(30(45)46)52-34(28)53(10)37(55)58)49-25-17-13-15-23(29(25)44)43-61-40(6,7)41(8,9)62-43/h12-19,30H,1-11H3,(H,48,50)(H,49,51,52). The Hall–Kier alpha value is -5.53. The third-order valence-corrected chi connectivity index (χ3v) is 12.8. The molecule has 4 aromatic heterocycles. The number of halogens is 3. The average Bonchev–Trinajstić information content (AvgIpc) is 3.55. The van der Waals surface area contributed by atoms with E-state index in [0.29, 0.717) is 11.2 Å². The second kappa shape index (κ2) is 14.8. The number of rotatable bonds is 8. The maximum atomic E-state index is 14.8. The van der Waals surface area contributed by atoms with E-state index in [1.165, 1.54) is 26.4 Å². The summed E-state index contributed by atoms with van der Waals surface area (Å²) in [5.41, 5.74) is -2.88. The fourth-order valence-electron chi connectivity index (χ4n) is 7.25. The molecule has 0 radical (unpaired) electrons. The molecule has 0 bridgehead atoms. The van der Waals surface area contributed by atoms with Crippen LogP contribution in [0, 0.1) is 6.92 Å². The van der Waals surface area contributed by atoms with Crippen LogP contribution in [0.2, 0.25) is 5.02 Å². The zero-order valence-corrected chi connectivity index (χ0v) is 36.7. The number of nitrogens with one attached hydrogen (secondary N) is 2. The Morgan fingerprint density at radius 2 is 1.26 bits per heavy atom. The largest absolute Gasteiger partial charge is 0.496 e. The maximum absolute atomic E-state index is 14.8. The van der Waals surface area contributed by atoms with Gasteiger partial charge in [0.15, 0.2) is 11.5 Å². The Labute approximate surface area is 359 Å². The molecule has 2 aliphatic heterocycles. The van der Waals surface area contributed by atoms with Crippen molar-refractivity contribution in [1.82, 2.24) is 33.9 Å². The molecule has 322 valence electrons. The highest BCUT2D eigenvalue weighted by Crippen LogP contribution is 2.39. The molecule has 6 heterocycles. The normalized spacial score (nSPS) is 17.7. The zero-order valence-electron chi connectivity index (χ0n) is 36.0. The first-order valence-corrected chi connectivity index (χ1v) is 20.1. The average molecular weight is 870 g/mol. The molecule has 0 aliphatic carbocycles. The molecule has 0 spiro atoms. The van der Waals surface area contributed by atoms with Gasteiger partial charge < -0.3 is 29.3 Å². The summed E-state index contributed by atoms with van der Waals surface area (Å²) in [5, 5.41) is 10.5. The van der Waals surface area contributed by atoms with Crippen LogP contribution in [-0.2, 0) is 32.7 Å². The van der Waals surface area contributed by atoms with E-state index in [1.807, 2.05) is 68.4 Å². The van der Waals surface area contributed by atoms with Gasteiger partial charge in [-0.1, -0.05) is 35.9 Å². The highest BCUT2D eigenvalue weighted by atomic mass is 35.5. The van der Waals surface area contributed by atoms with Crippen molar-refractivity contribution in [2.75, 3.05) is 10.6 Å². The number of pyridine rings is 1. The van der Waals surface area contributed by atoms with Gasteiger partial charge >= 0.3 is 19.9 Å². The number of aromatic nitrogens is 7. The monoisotopic (exact) mass is 869 g/mol. The molecule has 16 nitrogen and oxygen atoms in total. The first-order valence-electron chi connectivity index (χ1n) is 19.8. The van der Waals surface area contributed by atoms with Gasteiger partial charge in [-0.2, -0.15) is 5.10 Å². The quantitative estimate of drug-likeness (QED) is 0.193. The Kier molecular flexibility index (Phi) is 10.3. The first-order chi connectivity index (χ1) is 28.9. The molecule has 2 fully saturated rings. The molecule has 2 aromatic carbocycles. The summed E-state index contributed by atoms with van der Waals surface area (Å²) in [6, 6.07) is 11.7. The Morgan fingerprint density at radius 3 is 1.85 bits per heavy atom. The van der Waals surface area contributed by atoms with Crippen molar-refractivity contribution in [2.24, 2.45) is 14.1 Å². The van der Waals surface area contributed by atoms with Crippen LogP contribution in [-0.4, -0.2) is 70.5 Å². The third kappa shape index (κ3) is 6.97. The van der Waals surface area contributed by atoms with E-state index in [1.54, 1.807) is 30.3 Å². The van der Waals surface area contributed by atoms with E-state index in [4.69, 9.17) is 35.2 Å². The van der Waals surface area contributed by atoms with Crippen molar-refractivity contribution in [1.29, 1.82) is 0 Å². The van der Waals surface area contributed by atoms with E-state index in [9.17, 15) is 23.2 Å². The van der Waals surface area contributed by atoms with Gasteiger partial charge in [-0.25, -0.2) is 37.8 Å². The second-order valence-electron chi connectivity index (χ2n) is 17.4. The lowest BCUT2D eigenvalue weighted by molar-refractivity contribution is 0.00578. The van der Waals surface area contributed by atoms with Gasteiger partial charge in [-0.15, -0.1) is 0 Å². The van der Waals surface area contributed by atoms with Crippen LogP contribution >= 0.6 is 11.6 Å². The summed E-state index contributed by atoms with van der Waals surface area (Å²) in [6.45, 7) is 17.2. The molecule has 0 saturated carbocycles. The SMILES string of the molecule is Cc1c(Nc2nc(-n3c(=O)c4c(Nc5cccc(B6OC(C)(C)C(C)(C)O6)c5Cl)nc(C(F)F)nc4n(C)c3=O)cc3cnn(C)c(=O)c23)cccc1B1OC(C)(C)C(C)(C)O1. The smallest absolute Gasteiger partial charge is 0.399 e. The van der Waals surface area contributed by atoms with E-state index >= 15 is 0 Å². The molecule has 2 N–H and O–H groups in total. The van der Waals surface area contributed by atoms with Crippen molar-refractivity contribution in [3.8, 4) is 5.82 Å². The molecule has 2 aliphatic rings. The fraction of sp³-hybridized carbons (Fsp3) is 0.390. The molecular weight excluding hydrogens is 826 g/mol. The van der Waals surface area contributed by atoms with Gasteiger partial charge in [-0.3, -0.25) is 14.2 Å². The molecule has 0 unspecified atom stereocenters. The van der Waals surface area contributed by atoms with Gasteiger partial charge in [0.1, 0.15) is 22.8 Å². The lowest BCUT2D eigenvalue weighted by atomic mass is 9.76. The van der Waals surface area contributed by atoms with Crippen LogP contribution in [0.3, 0.4) is 0 Å². The number of fused-ring (bicyclic) bond motifs is 2. The van der Waals surface area contributed by atoms with Gasteiger partial charge in [0.2, 0.25) is 0 Å². The van der Waals surface area contributed by atoms with Crippen molar-refractivity contribution < 1.29 is 27.4 Å². The van der Waals surface area contributed by atoms with E-state index in [-0.39, 0.29) is 50.0 Å². The van der Waals surface area contributed by atoms with Crippen LogP contribution < -0.4 is 38.4 Å². The van der Waals surface area contributed by atoms with Gasteiger partial charge in [0.25, 0.3) is 17.5 Å². The number of anilines is 4. The number of hydrogen-bond acceptors (Lipinski definition) is 13. The molecule has 2 saturated heterocycles. The predicted octanol–water partition coefficient (Wildman–Crippen LogP) is 5.11. The number of nitrogens with zero attached hydrogens (tertiary/aromatic N) is 7. The lowest BCUT2D eigenvalue weighted by Crippen LogP contribution is -2.41. The van der Waals surface area contributed by atoms with Crippen LogP contribution in [0.5, 0.6) is 0 Å². The van der Waals surface area contributed by atoms with E-state index in [2.05, 4.69) is 25.7 Å². The minimum atomic E-state index is -3.18. The van der Waals surface area contributed by atoms with Crippen LogP contribution in [0.15, 0.2) is 63.0 Å². The molecule has 21 heteroatoms. The van der Waals surface area contributed by atoms with Crippen molar-refractivity contribution in [3.63, 3.8) is 0 Å². The number of benzene rings is 2. The predicted molar refractivity (Wildman–Crippen MR) is 234 cm³/mol. The summed E-state index contributed by atoms with van der Waals surface area (Å²) in [6.07, 6.45) is -1.78. The third-order valence-electron chi connectivity index (χ3n) is 12.4. The van der Waals surface area contributed by atoms with E-state index < -0.39 is 65.7 Å². The highest BCUT2D eigenvalue weighted by molar-refractivity contribution is 6.66. The fourth-order valence-corrected chi connectivity index (χ4v) is 7.51. The first kappa shape index (κ1) is 43.1. The van der Waals surface area contributed by atoms with E-state index in [0.717, 1.165) is 24.8 Å². The second-order valence-corrected chi connectivity index (χ2v) is 17.8. The molecule has 6 aromatic rings. The Morgan fingerprint density at radius 1 is 0.726 bits per heavy atom. The zero-order chi connectivity index (χ0) is 45.0. The number of hydrogen-bond donors (Lipinski definition) is 2. The van der Waals surface area contributed by atoms with Crippen LogP contribution in [0.4, 0.5) is 31.8 Å². The molecule has 62 heavy (non-hydrogen) atoms. The number of alkyl halides is 2. The minimum absolute atomic E-state index is 0.00216.